The van der Waals surface area contributed by atoms with E-state index in [1.807, 2.05) is 37.3 Å². The zero-order valence-electron chi connectivity index (χ0n) is 10.9. The van der Waals surface area contributed by atoms with Crippen LogP contribution in [0.2, 0.25) is 0 Å². The Morgan fingerprint density at radius 3 is 3.00 bits per heavy atom. The van der Waals surface area contributed by atoms with Crippen molar-refractivity contribution in [2.75, 3.05) is 5.75 Å². The number of para-hydroxylation sites is 1. The molecule has 0 amide bonds. The first-order valence-corrected chi connectivity index (χ1v) is 7.14. The summed E-state index contributed by atoms with van der Waals surface area (Å²) in [7, 11) is 0. The topological polar surface area (TPSA) is 56.0 Å². The molecule has 2 aromatic heterocycles. The van der Waals surface area contributed by atoms with Crippen LogP contribution >= 0.6 is 11.8 Å². The fourth-order valence-electron chi connectivity index (χ4n) is 1.90. The van der Waals surface area contributed by atoms with Crippen molar-refractivity contribution in [3.8, 4) is 0 Å². The summed E-state index contributed by atoms with van der Waals surface area (Å²) >= 11 is 1.34. The molecule has 0 bridgehead atoms. The molecule has 3 rings (SSSR count). The Morgan fingerprint density at radius 2 is 2.15 bits per heavy atom. The number of carbonyl (C=O) groups excluding carboxylic acids is 1. The van der Waals surface area contributed by atoms with Crippen molar-refractivity contribution in [1.82, 2.24) is 9.97 Å². The predicted octanol–water partition coefficient (Wildman–Crippen LogP) is 3.51. The van der Waals surface area contributed by atoms with E-state index in [0.717, 1.165) is 16.7 Å². The summed E-state index contributed by atoms with van der Waals surface area (Å²) in [6.07, 6.45) is 3.22. The normalized spacial score (nSPS) is 10.8. The molecule has 2 heterocycles. The average molecular weight is 284 g/mol. The molecule has 0 aliphatic rings. The highest BCUT2D eigenvalue weighted by molar-refractivity contribution is 7.99. The Morgan fingerprint density at radius 1 is 1.30 bits per heavy atom. The number of furan rings is 1. The molecule has 100 valence electrons. The first-order valence-electron chi connectivity index (χ1n) is 6.16. The van der Waals surface area contributed by atoms with Gasteiger partial charge in [-0.3, -0.25) is 4.79 Å². The molecular weight excluding hydrogens is 272 g/mol. The van der Waals surface area contributed by atoms with Gasteiger partial charge in [0, 0.05) is 17.3 Å². The number of ketones is 1. The van der Waals surface area contributed by atoms with Crippen LogP contribution in [0.25, 0.3) is 11.0 Å². The van der Waals surface area contributed by atoms with Gasteiger partial charge in [-0.15, -0.1) is 0 Å². The molecule has 0 aliphatic carbocycles. The smallest absolute Gasteiger partial charge is 0.188 e. The maximum absolute atomic E-state index is 12.2. The lowest BCUT2D eigenvalue weighted by atomic mass is 10.1. The van der Waals surface area contributed by atoms with Crippen molar-refractivity contribution in [3.63, 3.8) is 0 Å². The van der Waals surface area contributed by atoms with Gasteiger partial charge in [0.2, 0.25) is 0 Å². The summed E-state index contributed by atoms with van der Waals surface area (Å²) in [4.78, 5) is 20.6. The minimum absolute atomic E-state index is 0.0186. The third kappa shape index (κ3) is 2.58. The molecule has 0 aliphatic heterocycles. The fraction of sp³-hybridized carbons (Fsp3) is 0.133. The van der Waals surface area contributed by atoms with Gasteiger partial charge in [-0.05, 0) is 19.1 Å². The molecule has 4 nitrogen and oxygen atoms in total. The number of Topliss-reactive ketones (excluding diaryl/α,β-unsaturated/α-hetero) is 1. The number of hydrogen-bond acceptors (Lipinski definition) is 5. The second kappa shape index (κ2) is 5.46. The van der Waals surface area contributed by atoms with E-state index in [0.29, 0.717) is 16.5 Å². The number of hydrogen-bond donors (Lipinski definition) is 0. The lowest BCUT2D eigenvalue weighted by Gasteiger charge is -1.99. The van der Waals surface area contributed by atoms with Crippen molar-refractivity contribution in [2.24, 2.45) is 0 Å². The monoisotopic (exact) mass is 284 g/mol. The van der Waals surface area contributed by atoms with Crippen LogP contribution in [0.1, 0.15) is 16.1 Å². The maximum atomic E-state index is 12.2. The van der Waals surface area contributed by atoms with E-state index in [2.05, 4.69) is 9.97 Å². The lowest BCUT2D eigenvalue weighted by molar-refractivity contribution is 0.102. The van der Waals surface area contributed by atoms with Crippen LogP contribution in [0, 0.1) is 6.92 Å². The Labute approximate surface area is 120 Å². The number of rotatable bonds is 4. The summed E-state index contributed by atoms with van der Waals surface area (Å²) < 4.78 is 5.38. The molecule has 0 unspecified atom stereocenters. The number of aryl methyl sites for hydroxylation is 1. The molecular formula is C15H12N2O2S. The summed E-state index contributed by atoms with van der Waals surface area (Å²) in [6, 6.07) is 9.35. The third-order valence-corrected chi connectivity index (χ3v) is 3.75. The van der Waals surface area contributed by atoms with Crippen LogP contribution in [-0.2, 0) is 0 Å². The number of nitrogens with zero attached hydrogens (tertiary/aromatic N) is 2. The molecule has 0 radical (unpaired) electrons. The molecule has 20 heavy (non-hydrogen) atoms. The third-order valence-electron chi connectivity index (χ3n) is 2.89. The van der Waals surface area contributed by atoms with Gasteiger partial charge in [-0.2, -0.15) is 0 Å². The van der Waals surface area contributed by atoms with Gasteiger partial charge in [-0.1, -0.05) is 30.0 Å². The minimum atomic E-state index is 0.0186. The van der Waals surface area contributed by atoms with Crippen LogP contribution < -0.4 is 0 Å². The van der Waals surface area contributed by atoms with Crippen LogP contribution in [0.4, 0.5) is 0 Å². The summed E-state index contributed by atoms with van der Waals surface area (Å²) in [6.45, 7) is 1.90. The Hall–Kier alpha value is -2.14. The number of carbonyl (C=O) groups is 1. The second-order valence-electron chi connectivity index (χ2n) is 4.34. The van der Waals surface area contributed by atoms with Gasteiger partial charge in [0.05, 0.1) is 11.3 Å². The molecule has 0 spiro atoms. The minimum Gasteiger partial charge on any atom is -0.464 e. The molecule has 0 saturated carbocycles. The molecule has 5 heteroatoms. The van der Waals surface area contributed by atoms with Gasteiger partial charge in [0.25, 0.3) is 0 Å². The van der Waals surface area contributed by atoms with E-state index in [-0.39, 0.29) is 5.78 Å². The first-order chi connectivity index (χ1) is 9.74. The van der Waals surface area contributed by atoms with Gasteiger partial charge in [-0.25, -0.2) is 9.97 Å². The number of thioether (sulfide) groups is 1. The van der Waals surface area contributed by atoms with Crippen LogP contribution in [0.15, 0.2) is 52.4 Å². The Balaban J connectivity index is 1.76. The van der Waals surface area contributed by atoms with E-state index in [4.69, 9.17) is 4.42 Å². The lowest BCUT2D eigenvalue weighted by Crippen LogP contribution is -2.02. The van der Waals surface area contributed by atoms with Crippen molar-refractivity contribution in [2.45, 2.75) is 12.1 Å². The van der Waals surface area contributed by atoms with Crippen molar-refractivity contribution in [1.29, 1.82) is 0 Å². The molecule has 0 fully saturated rings. The number of benzene rings is 1. The SMILES string of the molecule is Cc1ccnc(SCC(=O)c2coc3ccccc23)n1. The largest absolute Gasteiger partial charge is 0.464 e. The van der Waals surface area contributed by atoms with E-state index in [1.165, 1.54) is 18.0 Å². The van der Waals surface area contributed by atoms with Gasteiger partial charge in [0.1, 0.15) is 11.8 Å². The quantitative estimate of drug-likeness (QED) is 0.417. The highest BCUT2D eigenvalue weighted by Crippen LogP contribution is 2.23. The summed E-state index contributed by atoms with van der Waals surface area (Å²) in [5, 5.41) is 1.47. The fourth-order valence-corrected chi connectivity index (χ4v) is 2.66. The van der Waals surface area contributed by atoms with E-state index in [9.17, 15) is 4.79 Å². The van der Waals surface area contributed by atoms with Crippen molar-refractivity contribution in [3.05, 3.63) is 54.0 Å². The number of aromatic nitrogens is 2. The average Bonchev–Trinajstić information content (AvgIpc) is 2.89. The van der Waals surface area contributed by atoms with Crippen LogP contribution in [-0.4, -0.2) is 21.5 Å². The highest BCUT2D eigenvalue weighted by Gasteiger charge is 2.14. The van der Waals surface area contributed by atoms with Gasteiger partial charge < -0.3 is 4.42 Å². The highest BCUT2D eigenvalue weighted by atomic mass is 32.2. The molecule has 3 aromatic rings. The molecule has 0 atom stereocenters. The number of fused-ring (bicyclic) bond motifs is 1. The second-order valence-corrected chi connectivity index (χ2v) is 5.28. The summed E-state index contributed by atoms with van der Waals surface area (Å²) in [5.74, 6) is 0.317. The summed E-state index contributed by atoms with van der Waals surface area (Å²) in [5.41, 5.74) is 2.23. The standard InChI is InChI=1S/C15H12N2O2S/c1-10-6-7-16-15(17-10)20-9-13(18)12-8-19-14-5-3-2-4-11(12)14/h2-8H,9H2,1H3. The van der Waals surface area contributed by atoms with Gasteiger partial charge >= 0.3 is 0 Å². The Bertz CT molecular complexity index is 767. The van der Waals surface area contributed by atoms with Crippen LogP contribution in [0.5, 0.6) is 0 Å². The molecule has 0 N–H and O–H groups in total. The van der Waals surface area contributed by atoms with Crippen LogP contribution in [0.3, 0.4) is 0 Å². The predicted molar refractivity (Wildman–Crippen MR) is 78.0 cm³/mol. The van der Waals surface area contributed by atoms with E-state index in [1.54, 1.807) is 6.20 Å². The van der Waals surface area contributed by atoms with E-state index >= 15 is 0 Å². The first kappa shape index (κ1) is 12.9. The Kier molecular flexibility index (Phi) is 3.52. The zero-order chi connectivity index (χ0) is 13.9. The van der Waals surface area contributed by atoms with Crippen molar-refractivity contribution < 1.29 is 9.21 Å². The van der Waals surface area contributed by atoms with Gasteiger partial charge in [0.15, 0.2) is 10.9 Å². The van der Waals surface area contributed by atoms with Crippen molar-refractivity contribution >= 4 is 28.5 Å². The molecule has 0 saturated heterocycles. The molecule has 1 aromatic carbocycles. The maximum Gasteiger partial charge on any atom is 0.188 e. The van der Waals surface area contributed by atoms with E-state index < -0.39 is 0 Å². The zero-order valence-corrected chi connectivity index (χ0v) is 11.7.